The van der Waals surface area contributed by atoms with Crippen LogP contribution in [0.5, 0.6) is 0 Å². The summed E-state index contributed by atoms with van der Waals surface area (Å²) in [7, 11) is 0. The van der Waals surface area contributed by atoms with Crippen molar-refractivity contribution in [3.8, 4) is 0 Å². The Bertz CT molecular complexity index is 190. The average Bonchev–Trinajstić information content (AvgIpc) is 2.17. The van der Waals surface area contributed by atoms with Crippen LogP contribution >= 0.6 is 0 Å². The van der Waals surface area contributed by atoms with E-state index >= 15 is 0 Å². The van der Waals surface area contributed by atoms with Crippen LogP contribution in [0.4, 0.5) is 0 Å². The second-order valence-electron chi connectivity index (χ2n) is 6.68. The topological polar surface area (TPSA) is 29.3 Å². The smallest absolute Gasteiger partial charge is 0.0269 e. The predicted molar refractivity (Wildman–Crippen MR) is 78.2 cm³/mol. The van der Waals surface area contributed by atoms with Gasteiger partial charge in [-0.25, -0.2) is 0 Å². The Balaban J connectivity index is 4.98. The summed E-state index contributed by atoms with van der Waals surface area (Å²) in [6.07, 6.45) is 2.44. The summed E-state index contributed by atoms with van der Waals surface area (Å²) in [6.45, 7) is 18.0. The van der Waals surface area contributed by atoms with Gasteiger partial charge < -0.3 is 5.73 Å². The van der Waals surface area contributed by atoms with Crippen LogP contribution in [-0.4, -0.2) is 30.1 Å². The van der Waals surface area contributed by atoms with Gasteiger partial charge >= 0.3 is 0 Å². The third-order valence-corrected chi connectivity index (χ3v) is 3.61. The molecule has 104 valence electrons. The molecule has 2 heteroatoms. The molecule has 0 bridgehead atoms. The number of nitrogens with two attached hydrogens (primary N) is 1. The maximum absolute atomic E-state index is 6.04. The Morgan fingerprint density at radius 1 is 1.06 bits per heavy atom. The van der Waals surface area contributed by atoms with E-state index in [2.05, 4.69) is 53.4 Å². The highest BCUT2D eigenvalue weighted by atomic mass is 15.2. The molecule has 17 heavy (non-hydrogen) atoms. The van der Waals surface area contributed by atoms with Gasteiger partial charge in [0.1, 0.15) is 0 Å². The quantitative estimate of drug-likeness (QED) is 0.740. The van der Waals surface area contributed by atoms with Crippen molar-refractivity contribution in [2.75, 3.05) is 13.1 Å². The predicted octanol–water partition coefficient (Wildman–Crippen LogP) is 3.51. The van der Waals surface area contributed by atoms with Crippen molar-refractivity contribution in [3.05, 3.63) is 0 Å². The lowest BCUT2D eigenvalue weighted by molar-refractivity contribution is 0.0482. The zero-order valence-electron chi connectivity index (χ0n) is 13.1. The molecule has 0 rings (SSSR count). The molecule has 0 saturated heterocycles. The Morgan fingerprint density at radius 3 is 1.76 bits per heavy atom. The minimum absolute atomic E-state index is 0.256. The molecular formula is C15H34N2. The van der Waals surface area contributed by atoms with Crippen LogP contribution in [0, 0.1) is 11.3 Å². The summed E-state index contributed by atoms with van der Waals surface area (Å²) in [4.78, 5) is 2.66. The third-order valence-electron chi connectivity index (χ3n) is 3.61. The first-order chi connectivity index (χ1) is 7.77. The summed E-state index contributed by atoms with van der Waals surface area (Å²) >= 11 is 0. The maximum Gasteiger partial charge on any atom is 0.0269 e. The van der Waals surface area contributed by atoms with Crippen molar-refractivity contribution < 1.29 is 0 Å². The zero-order valence-corrected chi connectivity index (χ0v) is 13.1. The minimum Gasteiger partial charge on any atom is -0.329 e. The fraction of sp³-hybridized carbons (Fsp3) is 1.00. The lowest BCUT2D eigenvalue weighted by Crippen LogP contribution is -2.54. The summed E-state index contributed by atoms with van der Waals surface area (Å²) < 4.78 is 0. The number of nitrogens with zero attached hydrogens (tertiary/aromatic N) is 1. The van der Waals surface area contributed by atoms with Gasteiger partial charge in [-0.3, -0.25) is 4.90 Å². The van der Waals surface area contributed by atoms with Gasteiger partial charge in [0.15, 0.2) is 0 Å². The molecule has 0 aliphatic carbocycles. The van der Waals surface area contributed by atoms with Crippen LogP contribution in [0.1, 0.15) is 61.3 Å². The van der Waals surface area contributed by atoms with Gasteiger partial charge in [0.05, 0.1) is 0 Å². The van der Waals surface area contributed by atoms with Crippen molar-refractivity contribution in [2.45, 2.75) is 73.4 Å². The highest BCUT2D eigenvalue weighted by Crippen LogP contribution is 2.27. The van der Waals surface area contributed by atoms with E-state index in [1.165, 1.54) is 12.8 Å². The second kappa shape index (κ2) is 7.38. The molecule has 1 atom stereocenters. The summed E-state index contributed by atoms with van der Waals surface area (Å²) in [5.41, 5.74) is 6.30. The lowest BCUT2D eigenvalue weighted by atomic mass is 9.84. The first-order valence-electron chi connectivity index (χ1n) is 7.23. The molecule has 0 spiro atoms. The van der Waals surface area contributed by atoms with Crippen molar-refractivity contribution in [2.24, 2.45) is 17.1 Å². The van der Waals surface area contributed by atoms with Crippen molar-refractivity contribution in [1.29, 1.82) is 0 Å². The van der Waals surface area contributed by atoms with E-state index in [0.29, 0.717) is 18.0 Å². The van der Waals surface area contributed by atoms with Crippen LogP contribution in [0.25, 0.3) is 0 Å². The highest BCUT2D eigenvalue weighted by molar-refractivity contribution is 4.87. The number of hydrogen-bond donors (Lipinski definition) is 1. The molecule has 0 aliphatic heterocycles. The van der Waals surface area contributed by atoms with Gasteiger partial charge in [-0.1, -0.05) is 48.5 Å². The van der Waals surface area contributed by atoms with E-state index in [4.69, 9.17) is 5.73 Å². The molecule has 0 aromatic heterocycles. The average molecular weight is 242 g/mol. The van der Waals surface area contributed by atoms with E-state index in [1.54, 1.807) is 0 Å². The molecule has 0 aromatic carbocycles. The monoisotopic (exact) mass is 242 g/mol. The van der Waals surface area contributed by atoms with E-state index < -0.39 is 0 Å². The Hall–Kier alpha value is -0.0800. The number of hydrogen-bond acceptors (Lipinski definition) is 2. The Morgan fingerprint density at radius 2 is 1.53 bits per heavy atom. The largest absolute Gasteiger partial charge is 0.329 e. The molecule has 0 radical (unpaired) electrons. The SMILES string of the molecule is CCC(CC)N(CC(C)C)C(CN)C(C)(C)C. The number of rotatable bonds is 7. The summed E-state index contributed by atoms with van der Waals surface area (Å²) in [6, 6.07) is 1.15. The first kappa shape index (κ1) is 16.9. The third kappa shape index (κ3) is 5.39. The van der Waals surface area contributed by atoms with Crippen LogP contribution in [0.3, 0.4) is 0 Å². The Labute approximate surface area is 109 Å². The van der Waals surface area contributed by atoms with Gasteiger partial charge in [0, 0.05) is 25.2 Å². The molecular weight excluding hydrogens is 208 g/mol. The zero-order chi connectivity index (χ0) is 13.6. The van der Waals surface area contributed by atoms with Gasteiger partial charge in [-0.15, -0.1) is 0 Å². The van der Waals surface area contributed by atoms with E-state index in [0.717, 1.165) is 13.1 Å². The summed E-state index contributed by atoms with van der Waals surface area (Å²) in [5.74, 6) is 0.701. The van der Waals surface area contributed by atoms with Crippen molar-refractivity contribution in [3.63, 3.8) is 0 Å². The van der Waals surface area contributed by atoms with Crippen LogP contribution in [-0.2, 0) is 0 Å². The second-order valence-corrected chi connectivity index (χ2v) is 6.68. The molecule has 0 aliphatic rings. The minimum atomic E-state index is 0.256. The van der Waals surface area contributed by atoms with Gasteiger partial charge in [0.25, 0.3) is 0 Å². The molecule has 1 unspecified atom stereocenters. The van der Waals surface area contributed by atoms with E-state index in [1.807, 2.05) is 0 Å². The molecule has 0 heterocycles. The maximum atomic E-state index is 6.04. The molecule has 0 aromatic rings. The van der Waals surface area contributed by atoms with Gasteiger partial charge in [0.2, 0.25) is 0 Å². The van der Waals surface area contributed by atoms with Crippen LogP contribution in [0.15, 0.2) is 0 Å². The van der Waals surface area contributed by atoms with Crippen LogP contribution in [0.2, 0.25) is 0 Å². The van der Waals surface area contributed by atoms with E-state index in [9.17, 15) is 0 Å². The lowest BCUT2D eigenvalue weighted by Gasteiger charge is -2.44. The summed E-state index contributed by atoms with van der Waals surface area (Å²) in [5, 5.41) is 0. The van der Waals surface area contributed by atoms with E-state index in [-0.39, 0.29) is 5.41 Å². The van der Waals surface area contributed by atoms with Crippen molar-refractivity contribution >= 4 is 0 Å². The fourth-order valence-corrected chi connectivity index (χ4v) is 2.70. The molecule has 0 saturated carbocycles. The molecule has 2 nitrogen and oxygen atoms in total. The Kier molecular flexibility index (Phi) is 7.34. The first-order valence-corrected chi connectivity index (χ1v) is 7.23. The van der Waals surface area contributed by atoms with Crippen LogP contribution < -0.4 is 5.73 Å². The normalized spacial score (nSPS) is 15.0. The van der Waals surface area contributed by atoms with Gasteiger partial charge in [-0.2, -0.15) is 0 Å². The van der Waals surface area contributed by atoms with Gasteiger partial charge in [-0.05, 0) is 24.2 Å². The highest BCUT2D eigenvalue weighted by Gasteiger charge is 2.32. The molecule has 2 N–H and O–H groups in total. The standard InChI is InChI=1S/C15H34N2/c1-8-13(9-2)17(11-12(3)4)14(10-16)15(5,6)7/h12-14H,8-11,16H2,1-7H3. The van der Waals surface area contributed by atoms with Crippen molar-refractivity contribution in [1.82, 2.24) is 4.90 Å². The fourth-order valence-electron chi connectivity index (χ4n) is 2.70. The molecule has 0 fully saturated rings. The molecule has 0 amide bonds.